The van der Waals surface area contributed by atoms with Crippen molar-refractivity contribution in [2.75, 3.05) is 17.6 Å². The predicted molar refractivity (Wildman–Crippen MR) is 69.7 cm³/mol. The summed E-state index contributed by atoms with van der Waals surface area (Å²) in [6.07, 6.45) is 1.10. The maximum Gasteiger partial charge on any atom is 0.0727 e. The van der Waals surface area contributed by atoms with E-state index in [9.17, 15) is 0 Å². The molecule has 3 nitrogen and oxygen atoms in total. The van der Waals surface area contributed by atoms with E-state index < -0.39 is 0 Å². The molecular weight excluding hydrogens is 198 g/mol. The van der Waals surface area contributed by atoms with Crippen LogP contribution in [0, 0.1) is 6.92 Å². The molecule has 0 spiro atoms. The Morgan fingerprint density at radius 3 is 2.88 bits per heavy atom. The van der Waals surface area contributed by atoms with E-state index in [1.807, 2.05) is 25.1 Å². The lowest BCUT2D eigenvalue weighted by Crippen LogP contribution is -2.02. The van der Waals surface area contributed by atoms with E-state index in [1.165, 1.54) is 0 Å². The predicted octanol–water partition coefficient (Wildman–Crippen LogP) is 2.95. The fourth-order valence-corrected chi connectivity index (χ4v) is 1.78. The number of rotatable bonds is 3. The van der Waals surface area contributed by atoms with Gasteiger partial charge in [-0.15, -0.1) is 0 Å². The number of hydrogen-bond donors (Lipinski definition) is 2. The summed E-state index contributed by atoms with van der Waals surface area (Å²) in [6, 6.07) is 7.89. The van der Waals surface area contributed by atoms with Gasteiger partial charge in [-0.25, -0.2) is 0 Å². The molecule has 0 saturated carbocycles. The minimum Gasteiger partial charge on any atom is -0.399 e. The smallest absolute Gasteiger partial charge is 0.0727 e. The van der Waals surface area contributed by atoms with Crippen LogP contribution in [-0.2, 0) is 0 Å². The van der Waals surface area contributed by atoms with Crippen LogP contribution in [0.1, 0.15) is 19.0 Å². The van der Waals surface area contributed by atoms with Crippen LogP contribution in [0.4, 0.5) is 11.4 Å². The van der Waals surface area contributed by atoms with Gasteiger partial charge in [-0.3, -0.25) is 4.98 Å². The summed E-state index contributed by atoms with van der Waals surface area (Å²) >= 11 is 0. The highest BCUT2D eigenvalue weighted by Crippen LogP contribution is 2.25. The Labute approximate surface area is 95.7 Å². The molecule has 0 aliphatic heterocycles. The fraction of sp³-hybridized carbons (Fsp3) is 0.308. The molecule has 0 saturated heterocycles. The van der Waals surface area contributed by atoms with E-state index >= 15 is 0 Å². The molecule has 0 unspecified atom stereocenters. The molecule has 3 heteroatoms. The van der Waals surface area contributed by atoms with Gasteiger partial charge in [0, 0.05) is 29.0 Å². The highest BCUT2D eigenvalue weighted by atomic mass is 14.9. The molecule has 0 fully saturated rings. The zero-order chi connectivity index (χ0) is 11.5. The maximum atomic E-state index is 5.80. The number of aryl methyl sites for hydroxylation is 1. The Kier molecular flexibility index (Phi) is 2.95. The van der Waals surface area contributed by atoms with Gasteiger partial charge in [0.2, 0.25) is 0 Å². The highest BCUT2D eigenvalue weighted by Gasteiger charge is 2.03. The lowest BCUT2D eigenvalue weighted by atomic mass is 10.1. The molecule has 1 aromatic carbocycles. The van der Waals surface area contributed by atoms with Gasteiger partial charge in [0.15, 0.2) is 0 Å². The van der Waals surface area contributed by atoms with Gasteiger partial charge in [0.05, 0.1) is 5.52 Å². The molecule has 0 aliphatic rings. The van der Waals surface area contributed by atoms with Gasteiger partial charge >= 0.3 is 0 Å². The summed E-state index contributed by atoms with van der Waals surface area (Å²) in [4.78, 5) is 4.49. The summed E-state index contributed by atoms with van der Waals surface area (Å²) < 4.78 is 0. The minimum atomic E-state index is 0.776. The number of nitrogens with one attached hydrogen (secondary N) is 1. The molecule has 0 amide bonds. The van der Waals surface area contributed by atoms with E-state index in [-0.39, 0.29) is 0 Å². The Morgan fingerprint density at radius 1 is 1.31 bits per heavy atom. The SMILES string of the molecule is CCCNc1cc(C)nc2ccc(N)cc12. The average Bonchev–Trinajstić information content (AvgIpc) is 2.26. The summed E-state index contributed by atoms with van der Waals surface area (Å²) in [6.45, 7) is 5.12. The number of nitrogen functional groups attached to an aromatic ring is 1. The van der Waals surface area contributed by atoms with Crippen molar-refractivity contribution in [3.8, 4) is 0 Å². The van der Waals surface area contributed by atoms with Gasteiger partial charge in [-0.05, 0) is 37.6 Å². The first-order valence-electron chi connectivity index (χ1n) is 5.61. The van der Waals surface area contributed by atoms with Gasteiger partial charge in [-0.1, -0.05) is 6.92 Å². The van der Waals surface area contributed by atoms with Crippen molar-refractivity contribution in [2.24, 2.45) is 0 Å². The van der Waals surface area contributed by atoms with Crippen molar-refractivity contribution in [3.63, 3.8) is 0 Å². The van der Waals surface area contributed by atoms with Crippen LogP contribution in [0.3, 0.4) is 0 Å². The van der Waals surface area contributed by atoms with E-state index in [2.05, 4.69) is 23.3 Å². The van der Waals surface area contributed by atoms with Crippen molar-refractivity contribution in [2.45, 2.75) is 20.3 Å². The lowest BCUT2D eigenvalue weighted by molar-refractivity contribution is 0.980. The second-order valence-corrected chi connectivity index (χ2v) is 4.01. The Bertz CT molecular complexity index is 506. The van der Waals surface area contributed by atoms with Crippen molar-refractivity contribution >= 4 is 22.3 Å². The molecular formula is C13H17N3. The van der Waals surface area contributed by atoms with Crippen LogP contribution in [0.2, 0.25) is 0 Å². The number of aromatic nitrogens is 1. The van der Waals surface area contributed by atoms with Gasteiger partial charge < -0.3 is 11.1 Å². The molecule has 0 atom stereocenters. The van der Waals surface area contributed by atoms with Crippen molar-refractivity contribution < 1.29 is 0 Å². The molecule has 0 bridgehead atoms. The van der Waals surface area contributed by atoms with Crippen LogP contribution < -0.4 is 11.1 Å². The van der Waals surface area contributed by atoms with Crippen molar-refractivity contribution in [3.05, 3.63) is 30.0 Å². The average molecular weight is 215 g/mol. The third-order valence-corrected chi connectivity index (χ3v) is 2.53. The molecule has 2 aromatic rings. The number of pyridine rings is 1. The van der Waals surface area contributed by atoms with Crippen LogP contribution in [-0.4, -0.2) is 11.5 Å². The van der Waals surface area contributed by atoms with Crippen LogP contribution in [0.5, 0.6) is 0 Å². The number of anilines is 2. The van der Waals surface area contributed by atoms with Crippen LogP contribution >= 0.6 is 0 Å². The van der Waals surface area contributed by atoms with Crippen molar-refractivity contribution in [1.29, 1.82) is 0 Å². The third kappa shape index (κ3) is 2.08. The molecule has 16 heavy (non-hydrogen) atoms. The number of hydrogen-bond acceptors (Lipinski definition) is 3. The first-order chi connectivity index (χ1) is 7.70. The molecule has 0 radical (unpaired) electrons. The molecule has 1 heterocycles. The summed E-state index contributed by atoms with van der Waals surface area (Å²) in [5.74, 6) is 0. The Balaban J connectivity index is 2.55. The molecule has 3 N–H and O–H groups in total. The second kappa shape index (κ2) is 4.39. The van der Waals surface area contributed by atoms with E-state index in [0.717, 1.165) is 40.9 Å². The normalized spacial score (nSPS) is 10.6. The second-order valence-electron chi connectivity index (χ2n) is 4.01. The maximum absolute atomic E-state index is 5.80. The van der Waals surface area contributed by atoms with Crippen LogP contribution in [0.25, 0.3) is 10.9 Å². The molecule has 0 aliphatic carbocycles. The Morgan fingerprint density at radius 2 is 2.12 bits per heavy atom. The molecule has 2 rings (SSSR count). The van der Waals surface area contributed by atoms with E-state index in [4.69, 9.17) is 5.73 Å². The van der Waals surface area contributed by atoms with Gasteiger partial charge in [-0.2, -0.15) is 0 Å². The first-order valence-corrected chi connectivity index (χ1v) is 5.61. The third-order valence-electron chi connectivity index (χ3n) is 2.53. The largest absolute Gasteiger partial charge is 0.399 e. The zero-order valence-corrected chi connectivity index (χ0v) is 9.75. The van der Waals surface area contributed by atoms with Gasteiger partial charge in [0.1, 0.15) is 0 Å². The van der Waals surface area contributed by atoms with Gasteiger partial charge in [0.25, 0.3) is 0 Å². The minimum absolute atomic E-state index is 0.776. The fourth-order valence-electron chi connectivity index (χ4n) is 1.78. The molecule has 84 valence electrons. The van der Waals surface area contributed by atoms with E-state index in [1.54, 1.807) is 0 Å². The quantitative estimate of drug-likeness (QED) is 0.774. The first kappa shape index (κ1) is 10.7. The monoisotopic (exact) mass is 215 g/mol. The summed E-state index contributed by atoms with van der Waals surface area (Å²) in [5.41, 5.74) is 9.72. The van der Waals surface area contributed by atoms with Crippen molar-refractivity contribution in [1.82, 2.24) is 4.98 Å². The topological polar surface area (TPSA) is 50.9 Å². The lowest BCUT2D eigenvalue weighted by Gasteiger charge is -2.10. The number of nitrogens with zero attached hydrogens (tertiary/aromatic N) is 1. The summed E-state index contributed by atoms with van der Waals surface area (Å²) in [5, 5.41) is 4.51. The van der Waals surface area contributed by atoms with Crippen LogP contribution in [0.15, 0.2) is 24.3 Å². The highest BCUT2D eigenvalue weighted by molar-refractivity contribution is 5.93. The van der Waals surface area contributed by atoms with E-state index in [0.29, 0.717) is 0 Å². The molecule has 1 aromatic heterocycles. The number of fused-ring (bicyclic) bond motifs is 1. The summed E-state index contributed by atoms with van der Waals surface area (Å²) in [7, 11) is 0. The zero-order valence-electron chi connectivity index (χ0n) is 9.75. The Hall–Kier alpha value is -1.77. The number of benzene rings is 1. The number of nitrogens with two attached hydrogens (primary N) is 1. The standard InChI is InChI=1S/C13H17N3/c1-3-6-15-13-7-9(2)16-12-5-4-10(14)8-11(12)13/h4-5,7-8H,3,6,14H2,1-2H3,(H,15,16).